The van der Waals surface area contributed by atoms with Crippen molar-refractivity contribution < 1.29 is 22.7 Å². The van der Waals surface area contributed by atoms with Gasteiger partial charge in [0.2, 0.25) is 15.9 Å². The van der Waals surface area contributed by atoms with Crippen molar-refractivity contribution in [3.63, 3.8) is 0 Å². The first-order valence-electron chi connectivity index (χ1n) is 11.5. The van der Waals surface area contributed by atoms with Gasteiger partial charge in [-0.3, -0.25) is 9.59 Å². The molecule has 2 aromatic carbocycles. The molecule has 3 rings (SSSR count). The molecule has 8 nitrogen and oxygen atoms in total. The van der Waals surface area contributed by atoms with Gasteiger partial charge in [-0.25, -0.2) is 8.42 Å². The van der Waals surface area contributed by atoms with Crippen molar-refractivity contribution >= 4 is 21.8 Å². The molecule has 0 aromatic heterocycles. The van der Waals surface area contributed by atoms with Gasteiger partial charge >= 0.3 is 0 Å². The fraction of sp³-hybridized carbons (Fsp3) is 0.440. The van der Waals surface area contributed by atoms with Crippen LogP contribution in [0.15, 0.2) is 59.5 Å². The number of ether oxygens (including phenoxy) is 1. The van der Waals surface area contributed by atoms with Crippen LogP contribution < -0.4 is 10.6 Å². The summed E-state index contributed by atoms with van der Waals surface area (Å²) < 4.78 is 32.6. The first kappa shape index (κ1) is 25.9. The van der Waals surface area contributed by atoms with Crippen molar-refractivity contribution in [2.24, 2.45) is 5.92 Å². The van der Waals surface area contributed by atoms with E-state index in [9.17, 15) is 18.0 Å². The van der Waals surface area contributed by atoms with Gasteiger partial charge in [0.1, 0.15) is 6.04 Å². The second kappa shape index (κ2) is 12.1. The molecular weight excluding hydrogens is 454 g/mol. The van der Waals surface area contributed by atoms with Crippen molar-refractivity contribution in [1.29, 1.82) is 0 Å². The maximum atomic E-state index is 13.0. The van der Waals surface area contributed by atoms with Crippen LogP contribution in [0.4, 0.5) is 0 Å². The average Bonchev–Trinajstić information content (AvgIpc) is 2.86. The van der Waals surface area contributed by atoms with Crippen LogP contribution in [0.3, 0.4) is 0 Å². The molecule has 2 amide bonds. The fourth-order valence-electron chi connectivity index (χ4n) is 4.06. The number of amides is 2. The Labute approximate surface area is 201 Å². The SMILES string of the molecule is COCCCNC(=O)[C@@H](NC(=O)c1ccccc1)C1CCN(S(=O)(=O)c2ccc(C)cc2)CC1. The molecule has 1 fully saturated rings. The standard InChI is InChI=1S/C25H33N3O5S/c1-19-9-11-22(12-10-19)34(31,32)28-16-13-20(14-17-28)23(25(30)26-15-6-18-33-2)27-24(29)21-7-4-3-5-8-21/h3-5,7-12,20,23H,6,13-18H2,1-2H3,(H,26,30)(H,27,29)/t23-/m0/s1. The Hall–Kier alpha value is -2.75. The number of carbonyl (C=O) groups excluding carboxylic acids is 2. The number of piperidine rings is 1. The van der Waals surface area contributed by atoms with E-state index in [0.29, 0.717) is 38.0 Å². The molecule has 34 heavy (non-hydrogen) atoms. The third-order valence-electron chi connectivity index (χ3n) is 6.06. The maximum Gasteiger partial charge on any atom is 0.251 e. The highest BCUT2D eigenvalue weighted by Crippen LogP contribution is 2.26. The van der Waals surface area contributed by atoms with E-state index in [-0.39, 0.29) is 35.7 Å². The summed E-state index contributed by atoms with van der Waals surface area (Å²) in [6.07, 6.45) is 1.60. The van der Waals surface area contributed by atoms with Crippen molar-refractivity contribution in [2.45, 2.75) is 37.1 Å². The van der Waals surface area contributed by atoms with Gasteiger partial charge in [0.05, 0.1) is 4.90 Å². The van der Waals surface area contributed by atoms with Gasteiger partial charge in [-0.1, -0.05) is 35.9 Å². The monoisotopic (exact) mass is 487 g/mol. The van der Waals surface area contributed by atoms with E-state index < -0.39 is 16.1 Å². The van der Waals surface area contributed by atoms with E-state index in [1.165, 1.54) is 4.31 Å². The topological polar surface area (TPSA) is 105 Å². The molecular formula is C25H33N3O5S. The van der Waals surface area contributed by atoms with Crippen LogP contribution >= 0.6 is 0 Å². The second-order valence-corrected chi connectivity index (χ2v) is 10.4. The second-order valence-electron chi connectivity index (χ2n) is 8.51. The number of hydrogen-bond acceptors (Lipinski definition) is 5. The molecule has 0 unspecified atom stereocenters. The summed E-state index contributed by atoms with van der Waals surface area (Å²) in [4.78, 5) is 26.1. The third-order valence-corrected chi connectivity index (χ3v) is 7.97. The van der Waals surface area contributed by atoms with Gasteiger partial charge in [-0.15, -0.1) is 0 Å². The third kappa shape index (κ3) is 6.65. The van der Waals surface area contributed by atoms with Gasteiger partial charge in [0.25, 0.3) is 5.91 Å². The molecule has 9 heteroatoms. The first-order chi connectivity index (χ1) is 16.3. The van der Waals surface area contributed by atoms with Crippen LogP contribution in [0.5, 0.6) is 0 Å². The molecule has 184 valence electrons. The molecule has 1 aliphatic rings. The van der Waals surface area contributed by atoms with E-state index in [0.717, 1.165) is 5.56 Å². The molecule has 1 atom stereocenters. The maximum absolute atomic E-state index is 13.0. The summed E-state index contributed by atoms with van der Waals surface area (Å²) in [6, 6.07) is 14.8. The summed E-state index contributed by atoms with van der Waals surface area (Å²) in [5, 5.41) is 5.76. The quantitative estimate of drug-likeness (QED) is 0.501. The lowest BCUT2D eigenvalue weighted by Crippen LogP contribution is -2.54. The largest absolute Gasteiger partial charge is 0.385 e. The molecule has 1 heterocycles. The smallest absolute Gasteiger partial charge is 0.251 e. The summed E-state index contributed by atoms with van der Waals surface area (Å²) >= 11 is 0. The van der Waals surface area contributed by atoms with Crippen LogP contribution in [-0.2, 0) is 19.6 Å². The number of aryl methyl sites for hydroxylation is 1. The Morgan fingerprint density at radius 1 is 1.06 bits per heavy atom. The predicted octanol–water partition coefficient (Wildman–Crippen LogP) is 2.35. The molecule has 0 spiro atoms. The highest BCUT2D eigenvalue weighted by atomic mass is 32.2. The minimum absolute atomic E-state index is 0.181. The molecule has 0 bridgehead atoms. The zero-order chi connectivity index (χ0) is 24.6. The Balaban J connectivity index is 1.69. The van der Waals surface area contributed by atoms with Gasteiger partial charge < -0.3 is 15.4 Å². The Morgan fingerprint density at radius 2 is 1.71 bits per heavy atom. The summed E-state index contributed by atoms with van der Waals surface area (Å²) in [5.74, 6) is -0.771. The number of methoxy groups -OCH3 is 1. The van der Waals surface area contributed by atoms with Crippen molar-refractivity contribution in [1.82, 2.24) is 14.9 Å². The highest BCUT2D eigenvalue weighted by Gasteiger charge is 2.36. The predicted molar refractivity (Wildman–Crippen MR) is 130 cm³/mol. The Morgan fingerprint density at radius 3 is 2.32 bits per heavy atom. The van der Waals surface area contributed by atoms with Crippen molar-refractivity contribution in [2.75, 3.05) is 33.4 Å². The van der Waals surface area contributed by atoms with E-state index in [4.69, 9.17) is 4.74 Å². The molecule has 0 saturated carbocycles. The number of sulfonamides is 1. The van der Waals surface area contributed by atoms with Crippen LogP contribution in [0, 0.1) is 12.8 Å². The number of rotatable bonds is 10. The van der Waals surface area contributed by atoms with E-state index in [1.807, 2.05) is 13.0 Å². The molecule has 0 radical (unpaired) electrons. The number of benzene rings is 2. The molecule has 1 aliphatic heterocycles. The number of nitrogens with zero attached hydrogens (tertiary/aromatic N) is 1. The molecule has 2 aromatic rings. The highest BCUT2D eigenvalue weighted by molar-refractivity contribution is 7.89. The Bertz CT molecular complexity index is 1050. The minimum atomic E-state index is -3.60. The Kier molecular flexibility index (Phi) is 9.20. The summed E-state index contributed by atoms with van der Waals surface area (Å²) in [6.45, 7) is 3.44. The van der Waals surface area contributed by atoms with Crippen LogP contribution in [0.1, 0.15) is 35.2 Å². The van der Waals surface area contributed by atoms with Gasteiger partial charge in [-0.05, 0) is 56.4 Å². The van der Waals surface area contributed by atoms with E-state index >= 15 is 0 Å². The van der Waals surface area contributed by atoms with E-state index in [2.05, 4.69) is 10.6 Å². The fourth-order valence-corrected chi connectivity index (χ4v) is 5.53. The zero-order valence-corrected chi connectivity index (χ0v) is 20.5. The van der Waals surface area contributed by atoms with Crippen molar-refractivity contribution in [3.8, 4) is 0 Å². The van der Waals surface area contributed by atoms with Gasteiger partial charge in [-0.2, -0.15) is 4.31 Å². The normalized spacial score (nSPS) is 16.1. The van der Waals surface area contributed by atoms with Crippen molar-refractivity contribution in [3.05, 3.63) is 65.7 Å². The lowest BCUT2D eigenvalue weighted by molar-refractivity contribution is -0.124. The van der Waals surface area contributed by atoms with Gasteiger partial charge in [0, 0.05) is 38.9 Å². The van der Waals surface area contributed by atoms with Crippen LogP contribution in [0.25, 0.3) is 0 Å². The molecule has 0 aliphatic carbocycles. The molecule has 1 saturated heterocycles. The minimum Gasteiger partial charge on any atom is -0.385 e. The molecule has 2 N–H and O–H groups in total. The van der Waals surface area contributed by atoms with E-state index in [1.54, 1.807) is 55.6 Å². The summed E-state index contributed by atoms with van der Waals surface area (Å²) in [5.41, 5.74) is 1.46. The first-order valence-corrected chi connectivity index (χ1v) is 13.0. The number of hydrogen-bond donors (Lipinski definition) is 2. The van der Waals surface area contributed by atoms with Crippen LogP contribution in [-0.4, -0.2) is 63.9 Å². The zero-order valence-electron chi connectivity index (χ0n) is 19.7. The van der Waals surface area contributed by atoms with Crippen LogP contribution in [0.2, 0.25) is 0 Å². The summed E-state index contributed by atoms with van der Waals surface area (Å²) in [7, 11) is -2.00. The lowest BCUT2D eigenvalue weighted by atomic mass is 9.89. The van der Waals surface area contributed by atoms with Gasteiger partial charge in [0.15, 0.2) is 0 Å². The lowest BCUT2D eigenvalue weighted by Gasteiger charge is -2.35. The number of nitrogens with one attached hydrogen (secondary N) is 2. The number of carbonyl (C=O) groups is 2. The average molecular weight is 488 g/mol.